The molecule has 1 amide bonds. The minimum Gasteiger partial charge on any atom is -0.486 e. The molecule has 3 aromatic carbocycles. The van der Waals surface area contributed by atoms with Crippen LogP contribution in [0.5, 0.6) is 5.75 Å². The van der Waals surface area contributed by atoms with Crippen molar-refractivity contribution in [3.8, 4) is 11.8 Å². The molecule has 0 spiro atoms. The van der Waals surface area contributed by atoms with Crippen molar-refractivity contribution in [1.29, 1.82) is 5.26 Å². The van der Waals surface area contributed by atoms with Gasteiger partial charge in [-0.05, 0) is 65.6 Å². The van der Waals surface area contributed by atoms with E-state index >= 15 is 0 Å². The minimum atomic E-state index is -0.521. The molecule has 3 rings (SSSR count). The van der Waals surface area contributed by atoms with Gasteiger partial charge >= 0.3 is 0 Å². The van der Waals surface area contributed by atoms with Gasteiger partial charge in [0, 0.05) is 10.7 Å². The lowest BCUT2D eigenvalue weighted by Gasteiger charge is -2.11. The number of nitrogens with one attached hydrogen (secondary N) is 1. The maximum absolute atomic E-state index is 12.5. The van der Waals surface area contributed by atoms with E-state index in [1.165, 1.54) is 6.08 Å². The number of hydrogen-bond acceptors (Lipinski definition) is 3. The predicted octanol–water partition coefficient (Wildman–Crippen LogP) is 7.33. The number of halogens is 3. The number of nitrogens with zero attached hydrogens (tertiary/aromatic N) is 1. The molecule has 0 aromatic heterocycles. The summed E-state index contributed by atoms with van der Waals surface area (Å²) in [7, 11) is 0. The first kappa shape index (κ1) is 23.7. The predicted molar refractivity (Wildman–Crippen MR) is 130 cm³/mol. The van der Waals surface area contributed by atoms with E-state index in [-0.39, 0.29) is 22.2 Å². The molecule has 0 radical (unpaired) electrons. The van der Waals surface area contributed by atoms with Crippen LogP contribution in [0.25, 0.3) is 6.08 Å². The van der Waals surface area contributed by atoms with Gasteiger partial charge in [-0.15, -0.1) is 0 Å². The normalized spacial score (nSPS) is 11.0. The van der Waals surface area contributed by atoms with Crippen molar-refractivity contribution < 1.29 is 9.53 Å². The van der Waals surface area contributed by atoms with Gasteiger partial charge < -0.3 is 10.1 Å². The van der Waals surface area contributed by atoms with Crippen molar-refractivity contribution >= 4 is 52.5 Å². The highest BCUT2D eigenvalue weighted by molar-refractivity contribution is 6.37. The van der Waals surface area contributed by atoms with Gasteiger partial charge in [0.05, 0.1) is 10.0 Å². The Morgan fingerprint density at radius 2 is 1.59 bits per heavy atom. The van der Waals surface area contributed by atoms with Crippen molar-refractivity contribution in [3.05, 3.63) is 98.0 Å². The Morgan fingerprint density at radius 3 is 2.16 bits per heavy atom. The Kier molecular flexibility index (Phi) is 8.19. The average molecular weight is 486 g/mol. The summed E-state index contributed by atoms with van der Waals surface area (Å²) in [5.41, 5.74) is 3.09. The van der Waals surface area contributed by atoms with E-state index in [4.69, 9.17) is 39.5 Å². The topological polar surface area (TPSA) is 62.1 Å². The molecule has 0 heterocycles. The molecular formula is C25H19Cl3N2O2. The summed E-state index contributed by atoms with van der Waals surface area (Å²) in [6.07, 6.45) is 2.33. The van der Waals surface area contributed by atoms with Crippen LogP contribution in [0.3, 0.4) is 0 Å². The molecule has 3 aromatic rings. The number of aryl methyl sites for hydroxylation is 1. The maximum Gasteiger partial charge on any atom is 0.266 e. The van der Waals surface area contributed by atoms with E-state index in [0.29, 0.717) is 22.0 Å². The van der Waals surface area contributed by atoms with Crippen LogP contribution in [0.2, 0.25) is 15.1 Å². The summed E-state index contributed by atoms with van der Waals surface area (Å²) in [6.45, 7) is 2.31. The minimum absolute atomic E-state index is 0.0773. The summed E-state index contributed by atoms with van der Waals surface area (Å²) in [5, 5.41) is 13.4. The molecule has 0 bridgehead atoms. The van der Waals surface area contributed by atoms with Crippen molar-refractivity contribution in [3.63, 3.8) is 0 Å². The molecule has 4 nitrogen and oxygen atoms in total. The standard InChI is InChI=1S/C25H19Cl3N2O2/c1-2-16-5-9-21(10-6-16)30-25(31)19(14-29)11-18-12-22(27)24(23(28)13-18)32-15-17-3-7-20(26)8-4-17/h3-13H,2,15H2,1H3,(H,30,31)/b19-11+. The van der Waals surface area contributed by atoms with Crippen molar-refractivity contribution in [2.24, 2.45) is 0 Å². The van der Waals surface area contributed by atoms with Gasteiger partial charge in [-0.3, -0.25) is 4.79 Å². The van der Waals surface area contributed by atoms with E-state index in [2.05, 4.69) is 5.32 Å². The van der Waals surface area contributed by atoms with Crippen LogP contribution in [-0.2, 0) is 17.8 Å². The third-order valence-corrected chi connectivity index (χ3v) is 5.43. The molecule has 162 valence electrons. The third kappa shape index (κ3) is 6.27. The van der Waals surface area contributed by atoms with Crippen LogP contribution in [0.15, 0.2) is 66.2 Å². The van der Waals surface area contributed by atoms with E-state index in [9.17, 15) is 10.1 Å². The molecule has 7 heteroatoms. The zero-order valence-corrected chi connectivity index (χ0v) is 19.4. The quantitative estimate of drug-likeness (QED) is 0.281. The zero-order valence-electron chi connectivity index (χ0n) is 17.2. The van der Waals surface area contributed by atoms with Gasteiger partial charge in [-0.2, -0.15) is 5.26 Å². The molecule has 1 N–H and O–H groups in total. The van der Waals surface area contributed by atoms with Gasteiger partial charge in [0.2, 0.25) is 0 Å². The first-order valence-corrected chi connectivity index (χ1v) is 10.9. The van der Waals surface area contributed by atoms with E-state index in [1.807, 2.05) is 37.3 Å². The van der Waals surface area contributed by atoms with Gasteiger partial charge in [-0.1, -0.05) is 66.0 Å². The molecule has 0 aliphatic heterocycles. The van der Waals surface area contributed by atoms with Crippen LogP contribution >= 0.6 is 34.8 Å². The van der Waals surface area contributed by atoms with Crippen LogP contribution in [-0.4, -0.2) is 5.91 Å². The van der Waals surface area contributed by atoms with E-state index < -0.39 is 5.91 Å². The maximum atomic E-state index is 12.5. The number of amides is 1. The fourth-order valence-electron chi connectivity index (χ4n) is 2.87. The number of ether oxygens (including phenoxy) is 1. The Labute approximate surface area is 202 Å². The molecule has 32 heavy (non-hydrogen) atoms. The summed E-state index contributed by atoms with van der Waals surface area (Å²) < 4.78 is 5.75. The van der Waals surface area contributed by atoms with Crippen LogP contribution in [0.4, 0.5) is 5.69 Å². The van der Waals surface area contributed by atoms with Crippen molar-refractivity contribution in [2.45, 2.75) is 20.0 Å². The van der Waals surface area contributed by atoms with Crippen molar-refractivity contribution in [1.82, 2.24) is 0 Å². The second-order valence-corrected chi connectivity index (χ2v) is 8.15. The summed E-state index contributed by atoms with van der Waals surface area (Å²) in [6, 6.07) is 19.8. The molecular weight excluding hydrogens is 467 g/mol. The van der Waals surface area contributed by atoms with Crippen LogP contribution < -0.4 is 10.1 Å². The number of rotatable bonds is 7. The third-order valence-electron chi connectivity index (χ3n) is 4.61. The van der Waals surface area contributed by atoms with Crippen molar-refractivity contribution in [2.75, 3.05) is 5.32 Å². The highest BCUT2D eigenvalue weighted by Crippen LogP contribution is 2.35. The van der Waals surface area contributed by atoms with Gasteiger partial charge in [0.1, 0.15) is 18.2 Å². The monoisotopic (exact) mass is 484 g/mol. The molecule has 0 aliphatic rings. The number of anilines is 1. The summed E-state index contributed by atoms with van der Waals surface area (Å²) in [4.78, 5) is 12.5. The zero-order chi connectivity index (χ0) is 23.1. The van der Waals surface area contributed by atoms with Gasteiger partial charge in [-0.25, -0.2) is 0 Å². The lowest BCUT2D eigenvalue weighted by Crippen LogP contribution is -2.13. The Morgan fingerprint density at radius 1 is 1.00 bits per heavy atom. The van der Waals surface area contributed by atoms with E-state index in [0.717, 1.165) is 17.5 Å². The number of benzene rings is 3. The number of carbonyl (C=O) groups is 1. The SMILES string of the molecule is CCc1ccc(NC(=O)/C(C#N)=C/c2cc(Cl)c(OCc3ccc(Cl)cc3)c(Cl)c2)cc1. The largest absolute Gasteiger partial charge is 0.486 e. The first-order chi connectivity index (χ1) is 15.4. The first-order valence-electron chi connectivity index (χ1n) is 9.78. The fourth-order valence-corrected chi connectivity index (χ4v) is 3.61. The lowest BCUT2D eigenvalue weighted by atomic mass is 10.1. The second-order valence-electron chi connectivity index (χ2n) is 6.90. The van der Waals surface area contributed by atoms with E-state index in [1.54, 1.807) is 36.4 Å². The Bertz CT molecular complexity index is 1160. The number of nitriles is 1. The lowest BCUT2D eigenvalue weighted by molar-refractivity contribution is -0.112. The highest BCUT2D eigenvalue weighted by Gasteiger charge is 2.13. The van der Waals surface area contributed by atoms with Crippen LogP contribution in [0.1, 0.15) is 23.6 Å². The second kappa shape index (κ2) is 11.1. The summed E-state index contributed by atoms with van der Waals surface area (Å²) in [5.74, 6) is -0.202. The molecule has 0 fully saturated rings. The Balaban J connectivity index is 1.74. The molecule has 0 saturated heterocycles. The smallest absolute Gasteiger partial charge is 0.266 e. The summed E-state index contributed by atoms with van der Waals surface area (Å²) >= 11 is 18.6. The molecule has 0 aliphatic carbocycles. The molecule has 0 unspecified atom stereocenters. The fraction of sp³-hybridized carbons (Fsp3) is 0.120. The average Bonchev–Trinajstić information content (AvgIpc) is 2.78. The number of hydrogen-bond donors (Lipinski definition) is 1. The molecule has 0 atom stereocenters. The van der Waals surface area contributed by atoms with Crippen LogP contribution in [0, 0.1) is 11.3 Å². The molecule has 0 saturated carbocycles. The Hall–Kier alpha value is -2.97. The number of carbonyl (C=O) groups excluding carboxylic acids is 1. The van der Waals surface area contributed by atoms with Gasteiger partial charge in [0.25, 0.3) is 5.91 Å². The highest BCUT2D eigenvalue weighted by atomic mass is 35.5. The van der Waals surface area contributed by atoms with Gasteiger partial charge in [0.15, 0.2) is 5.75 Å².